The van der Waals surface area contributed by atoms with Crippen molar-refractivity contribution in [3.8, 4) is 0 Å². The molecular formula is C59H94O12. The molecule has 0 aromatic rings. The predicted octanol–water partition coefficient (Wildman–Crippen LogP) is 13.3. The van der Waals surface area contributed by atoms with Crippen LogP contribution in [0.25, 0.3) is 0 Å². The van der Waals surface area contributed by atoms with E-state index in [1.165, 1.54) is 32.1 Å². The fourth-order valence-corrected chi connectivity index (χ4v) is 7.52. The molecule has 1 saturated heterocycles. The zero-order chi connectivity index (χ0) is 51.8. The minimum Gasteiger partial charge on any atom is -0.479 e. The average Bonchev–Trinajstić information content (AvgIpc) is 3.35. The summed E-state index contributed by atoms with van der Waals surface area (Å²) in [6.07, 6.45) is 48.3. The number of aliphatic hydroxyl groups excluding tert-OH is 2. The van der Waals surface area contributed by atoms with Crippen molar-refractivity contribution in [1.82, 2.24) is 0 Å². The molecule has 402 valence electrons. The second-order valence-corrected chi connectivity index (χ2v) is 18.1. The van der Waals surface area contributed by atoms with Crippen LogP contribution in [0.1, 0.15) is 201 Å². The Labute approximate surface area is 428 Å². The number of ether oxygens (including phenoxy) is 5. The van der Waals surface area contributed by atoms with E-state index in [0.717, 1.165) is 109 Å². The molecule has 1 aliphatic heterocycles. The summed E-state index contributed by atoms with van der Waals surface area (Å²) in [4.78, 5) is 50.8. The Hall–Kier alpha value is -4.36. The number of aliphatic hydroxyl groups is 2. The maximum absolute atomic E-state index is 13.0. The molecular weight excluding hydrogens is 901 g/mol. The van der Waals surface area contributed by atoms with E-state index in [9.17, 15) is 34.5 Å². The largest absolute Gasteiger partial charge is 0.479 e. The lowest BCUT2D eigenvalue weighted by Gasteiger charge is -2.40. The summed E-state index contributed by atoms with van der Waals surface area (Å²) < 4.78 is 28.2. The van der Waals surface area contributed by atoms with E-state index in [0.29, 0.717) is 19.3 Å². The first-order valence-corrected chi connectivity index (χ1v) is 27.2. The number of carboxylic acids is 1. The third-order valence-corrected chi connectivity index (χ3v) is 11.7. The Kier molecular flexibility index (Phi) is 42.5. The summed E-state index contributed by atoms with van der Waals surface area (Å²) in [6, 6.07) is 0. The second kappa shape index (κ2) is 46.7. The molecule has 0 aliphatic carbocycles. The Morgan fingerprint density at radius 2 is 0.887 bits per heavy atom. The maximum Gasteiger partial charge on any atom is 0.335 e. The van der Waals surface area contributed by atoms with Gasteiger partial charge in [-0.1, -0.05) is 182 Å². The van der Waals surface area contributed by atoms with Gasteiger partial charge in [0.25, 0.3) is 0 Å². The van der Waals surface area contributed by atoms with Gasteiger partial charge in [0.1, 0.15) is 18.8 Å². The number of unbranched alkanes of at least 4 members (excludes halogenated alkanes) is 14. The molecule has 0 radical (unpaired) electrons. The molecule has 1 heterocycles. The molecule has 0 spiro atoms. The zero-order valence-corrected chi connectivity index (χ0v) is 43.9. The van der Waals surface area contributed by atoms with Gasteiger partial charge in [-0.05, 0) is 96.3 Å². The van der Waals surface area contributed by atoms with E-state index in [2.05, 4.69) is 118 Å². The van der Waals surface area contributed by atoms with Crippen LogP contribution >= 0.6 is 0 Å². The Bertz CT molecular complexity index is 1610. The van der Waals surface area contributed by atoms with Crippen LogP contribution in [-0.2, 0) is 42.9 Å². The number of carboxylic acid groups (broad SMARTS) is 1. The highest BCUT2D eigenvalue weighted by Crippen LogP contribution is 2.26. The molecule has 0 aromatic heterocycles. The molecule has 12 nitrogen and oxygen atoms in total. The fourth-order valence-electron chi connectivity index (χ4n) is 7.52. The van der Waals surface area contributed by atoms with Crippen molar-refractivity contribution in [2.75, 3.05) is 13.2 Å². The van der Waals surface area contributed by atoms with E-state index in [1.54, 1.807) is 0 Å². The predicted molar refractivity (Wildman–Crippen MR) is 284 cm³/mol. The van der Waals surface area contributed by atoms with Crippen molar-refractivity contribution in [3.05, 3.63) is 97.2 Å². The summed E-state index contributed by atoms with van der Waals surface area (Å²) >= 11 is 0. The Morgan fingerprint density at radius 1 is 0.479 bits per heavy atom. The van der Waals surface area contributed by atoms with Gasteiger partial charge in [-0.2, -0.15) is 0 Å². The van der Waals surface area contributed by atoms with Gasteiger partial charge in [0.15, 0.2) is 24.6 Å². The first-order valence-electron chi connectivity index (χ1n) is 27.2. The molecule has 1 aliphatic rings. The summed E-state index contributed by atoms with van der Waals surface area (Å²) in [7, 11) is 0. The molecule has 12 heteroatoms. The number of carbonyl (C=O) groups excluding carboxylic acids is 3. The summed E-state index contributed by atoms with van der Waals surface area (Å²) in [5.74, 6) is -3.22. The molecule has 6 unspecified atom stereocenters. The molecule has 71 heavy (non-hydrogen) atoms. The summed E-state index contributed by atoms with van der Waals surface area (Å²) in [5, 5.41) is 31.4. The summed E-state index contributed by atoms with van der Waals surface area (Å²) in [6.45, 7) is 5.67. The molecule has 1 fully saturated rings. The number of hydrogen-bond donors (Lipinski definition) is 3. The number of rotatable bonds is 44. The van der Waals surface area contributed by atoms with Gasteiger partial charge in [-0.3, -0.25) is 14.4 Å². The number of allylic oxidation sites excluding steroid dienone is 16. The van der Waals surface area contributed by atoms with E-state index in [-0.39, 0.29) is 25.9 Å². The van der Waals surface area contributed by atoms with Crippen molar-refractivity contribution in [1.29, 1.82) is 0 Å². The summed E-state index contributed by atoms with van der Waals surface area (Å²) in [5.41, 5.74) is 0. The molecule has 0 aromatic carbocycles. The van der Waals surface area contributed by atoms with Crippen LogP contribution in [0.4, 0.5) is 0 Å². The van der Waals surface area contributed by atoms with Gasteiger partial charge in [-0.25, -0.2) is 4.79 Å². The van der Waals surface area contributed by atoms with Crippen LogP contribution in [-0.4, -0.2) is 89.2 Å². The number of hydrogen-bond acceptors (Lipinski definition) is 11. The Balaban J connectivity index is 2.72. The van der Waals surface area contributed by atoms with Crippen LogP contribution in [0, 0.1) is 0 Å². The van der Waals surface area contributed by atoms with Gasteiger partial charge >= 0.3 is 23.9 Å². The van der Waals surface area contributed by atoms with Crippen molar-refractivity contribution < 1.29 is 58.2 Å². The van der Waals surface area contributed by atoms with Gasteiger partial charge in [0, 0.05) is 19.3 Å². The lowest BCUT2D eigenvalue weighted by molar-refractivity contribution is -0.301. The lowest BCUT2D eigenvalue weighted by atomic mass is 9.98. The monoisotopic (exact) mass is 995 g/mol. The molecule has 6 atom stereocenters. The molecule has 0 amide bonds. The number of aliphatic carboxylic acids is 1. The van der Waals surface area contributed by atoms with E-state index >= 15 is 0 Å². The third-order valence-electron chi connectivity index (χ3n) is 11.7. The fraction of sp³-hybridized carbons (Fsp3) is 0.661. The number of esters is 3. The number of carbonyl (C=O) groups is 4. The van der Waals surface area contributed by atoms with Crippen LogP contribution < -0.4 is 0 Å². The van der Waals surface area contributed by atoms with E-state index < -0.39 is 67.3 Å². The highest BCUT2D eigenvalue weighted by Gasteiger charge is 2.50. The topological polar surface area (TPSA) is 175 Å². The minimum absolute atomic E-state index is 0.0147. The minimum atomic E-state index is -1.92. The normalized spacial score (nSPS) is 19.3. The first kappa shape index (κ1) is 64.7. The molecule has 1 rings (SSSR count). The highest BCUT2D eigenvalue weighted by atomic mass is 16.7. The molecule has 0 bridgehead atoms. The first-order chi connectivity index (χ1) is 34.6. The van der Waals surface area contributed by atoms with Crippen molar-refractivity contribution in [2.24, 2.45) is 0 Å². The van der Waals surface area contributed by atoms with Crippen LogP contribution in [0.15, 0.2) is 97.2 Å². The molecule has 3 N–H and O–H groups in total. The van der Waals surface area contributed by atoms with Crippen molar-refractivity contribution >= 4 is 23.9 Å². The molecule has 0 saturated carbocycles. The quantitative estimate of drug-likeness (QED) is 0.0228. The van der Waals surface area contributed by atoms with Crippen LogP contribution in [0.2, 0.25) is 0 Å². The average molecular weight is 995 g/mol. The van der Waals surface area contributed by atoms with Crippen molar-refractivity contribution in [3.63, 3.8) is 0 Å². The van der Waals surface area contributed by atoms with Crippen LogP contribution in [0.5, 0.6) is 0 Å². The van der Waals surface area contributed by atoms with Gasteiger partial charge in [-0.15, -0.1) is 0 Å². The van der Waals surface area contributed by atoms with Gasteiger partial charge in [0.2, 0.25) is 0 Å². The maximum atomic E-state index is 13.0. The van der Waals surface area contributed by atoms with E-state index in [1.807, 2.05) is 0 Å². The standard InChI is InChI=1S/C59H94O12/c1-4-7-10-13-16-19-21-23-24-25-26-27-28-30-32-35-38-41-44-47-53(62)70-57-55(64)54(63)56(58(65)66)71-59(57)68-49-50(69-52(61)46-43-40-37-33-18-15-12-9-6-3)48-67-51(60)45-42-39-36-34-31-29-22-20-17-14-11-8-5-2/h7-8,10-11,16-17,19-20,23-24,26-27,29-32,50,54-57,59,63-64H,4-6,9,12-15,18,21-22,25,28,33-49H2,1-3H3,(H,65,66)/b10-7-,11-8-,19-16-,20-17-,24-23-,27-26-,31-29-,32-30-. The van der Waals surface area contributed by atoms with Crippen LogP contribution in [0.3, 0.4) is 0 Å². The lowest BCUT2D eigenvalue weighted by Crippen LogP contribution is -2.61. The van der Waals surface area contributed by atoms with Gasteiger partial charge in [0.05, 0.1) is 6.61 Å². The highest BCUT2D eigenvalue weighted by molar-refractivity contribution is 5.74. The second-order valence-electron chi connectivity index (χ2n) is 18.1. The third kappa shape index (κ3) is 37.1. The van der Waals surface area contributed by atoms with Gasteiger partial charge < -0.3 is 39.0 Å². The van der Waals surface area contributed by atoms with E-state index in [4.69, 9.17) is 23.7 Å². The van der Waals surface area contributed by atoms with Crippen molar-refractivity contribution in [2.45, 2.75) is 237 Å². The zero-order valence-electron chi connectivity index (χ0n) is 43.9. The Morgan fingerprint density at radius 3 is 1.35 bits per heavy atom. The smallest absolute Gasteiger partial charge is 0.335 e. The SMILES string of the molecule is CC/C=C\C/C=C\C/C=C\C/C=C\C/C=C\CCCCCC(=O)OC1C(OCC(COC(=O)CCCCC/C=C\C/C=C\C/C=C\CC)OC(=O)CCCCCCCCCCC)OC(C(=O)O)C(O)C1O.